The number of fused-ring (bicyclic) bond motifs is 1. The van der Waals surface area contributed by atoms with Crippen LogP contribution in [0.15, 0.2) is 93.9 Å². The fraction of sp³-hybridized carbons (Fsp3) is 0.167. The Bertz CT molecular complexity index is 1860. The Hall–Kier alpha value is -4.22. The predicted molar refractivity (Wildman–Crippen MR) is 149 cm³/mol. The van der Waals surface area contributed by atoms with Crippen LogP contribution in [0.2, 0.25) is 5.02 Å². The van der Waals surface area contributed by atoms with Crippen molar-refractivity contribution < 1.29 is 31.8 Å². The monoisotopic (exact) mass is 616 g/mol. The highest BCUT2D eigenvalue weighted by molar-refractivity contribution is 7.07. The maximum absolute atomic E-state index is 14.2. The topological polar surface area (TPSA) is 69.9 Å². The molecule has 0 fully saturated rings. The highest BCUT2D eigenvalue weighted by Gasteiger charge is 2.45. The van der Waals surface area contributed by atoms with Gasteiger partial charge in [-0.3, -0.25) is 9.36 Å². The van der Waals surface area contributed by atoms with E-state index in [1.807, 2.05) is 0 Å². The van der Waals surface area contributed by atoms with Gasteiger partial charge in [0, 0.05) is 10.6 Å². The number of hydrogen-bond donors (Lipinski definition) is 0. The number of halogens is 5. The van der Waals surface area contributed by atoms with Gasteiger partial charge in [0.25, 0.3) is 5.56 Å². The maximum atomic E-state index is 14.2. The molecule has 42 heavy (non-hydrogen) atoms. The summed E-state index contributed by atoms with van der Waals surface area (Å²) in [5, 5.41) is 0.320. The average molecular weight is 617 g/mol. The second kappa shape index (κ2) is 11.9. The molecule has 0 spiro atoms. The SMILES string of the molecule is CCOC(=O)C1=C(C(F)(F)F)N=c2s/c(=C\c3cccc(OCc4ccccc4F)c3)c(=O)n2[C@H]1c1ccc(Cl)cc1. The van der Waals surface area contributed by atoms with Gasteiger partial charge >= 0.3 is 12.1 Å². The third-order valence-electron chi connectivity index (χ3n) is 6.29. The molecule has 1 aliphatic heterocycles. The zero-order chi connectivity index (χ0) is 30.0. The number of benzene rings is 3. The molecular formula is C30H21ClF4N2O4S. The molecule has 0 saturated heterocycles. The van der Waals surface area contributed by atoms with E-state index < -0.39 is 40.8 Å². The molecule has 0 unspecified atom stereocenters. The molecule has 6 nitrogen and oxygen atoms in total. The van der Waals surface area contributed by atoms with Crippen molar-refractivity contribution in [2.45, 2.75) is 25.7 Å². The number of carbonyl (C=O) groups is 1. The van der Waals surface area contributed by atoms with Crippen molar-refractivity contribution in [3.8, 4) is 5.75 Å². The van der Waals surface area contributed by atoms with Crippen LogP contribution in [-0.2, 0) is 16.1 Å². The highest BCUT2D eigenvalue weighted by atomic mass is 35.5. The summed E-state index contributed by atoms with van der Waals surface area (Å²) in [5.41, 5.74) is -1.80. The summed E-state index contributed by atoms with van der Waals surface area (Å²) >= 11 is 6.75. The Morgan fingerprint density at radius 3 is 2.52 bits per heavy atom. The lowest BCUT2D eigenvalue weighted by atomic mass is 9.95. The lowest BCUT2D eigenvalue weighted by Crippen LogP contribution is -2.41. The van der Waals surface area contributed by atoms with E-state index in [1.165, 1.54) is 43.3 Å². The molecular weight excluding hydrogens is 596 g/mol. The average Bonchev–Trinajstić information content (AvgIpc) is 3.26. The molecule has 0 amide bonds. The Morgan fingerprint density at radius 1 is 1.10 bits per heavy atom. The van der Waals surface area contributed by atoms with Crippen molar-refractivity contribution in [3.05, 3.63) is 131 Å². The van der Waals surface area contributed by atoms with Crippen LogP contribution in [0.5, 0.6) is 5.75 Å². The van der Waals surface area contributed by atoms with Crippen LogP contribution in [-0.4, -0.2) is 23.3 Å². The van der Waals surface area contributed by atoms with E-state index in [1.54, 1.807) is 42.5 Å². The first kappa shape index (κ1) is 29.3. The molecule has 0 saturated carbocycles. The lowest BCUT2D eigenvalue weighted by Gasteiger charge is -2.26. The molecule has 0 aliphatic carbocycles. The molecule has 1 atom stereocenters. The van der Waals surface area contributed by atoms with E-state index >= 15 is 0 Å². The van der Waals surface area contributed by atoms with Crippen molar-refractivity contribution >= 4 is 35.0 Å². The van der Waals surface area contributed by atoms with Gasteiger partial charge in [-0.1, -0.05) is 65.4 Å². The van der Waals surface area contributed by atoms with Crippen LogP contribution in [0.1, 0.15) is 29.7 Å². The Morgan fingerprint density at radius 2 is 1.83 bits per heavy atom. The quantitative estimate of drug-likeness (QED) is 0.197. The number of esters is 1. The van der Waals surface area contributed by atoms with E-state index in [2.05, 4.69) is 4.99 Å². The van der Waals surface area contributed by atoms with Gasteiger partial charge in [0.1, 0.15) is 18.2 Å². The van der Waals surface area contributed by atoms with Gasteiger partial charge < -0.3 is 9.47 Å². The second-order valence-corrected chi connectivity index (χ2v) is 10.5. The molecule has 4 aromatic rings. The number of carbonyl (C=O) groups excluding carboxylic acids is 1. The summed E-state index contributed by atoms with van der Waals surface area (Å²) < 4.78 is 68.5. The minimum Gasteiger partial charge on any atom is -0.489 e. The zero-order valence-electron chi connectivity index (χ0n) is 21.8. The molecule has 216 valence electrons. The van der Waals surface area contributed by atoms with Crippen molar-refractivity contribution in [2.24, 2.45) is 4.99 Å². The zero-order valence-corrected chi connectivity index (χ0v) is 23.4. The summed E-state index contributed by atoms with van der Waals surface area (Å²) in [7, 11) is 0. The molecule has 12 heteroatoms. The number of nitrogens with zero attached hydrogens (tertiary/aromatic N) is 2. The second-order valence-electron chi connectivity index (χ2n) is 9.07. The van der Waals surface area contributed by atoms with Gasteiger partial charge in [-0.15, -0.1) is 0 Å². The van der Waals surface area contributed by atoms with E-state index in [9.17, 15) is 27.2 Å². The molecule has 0 N–H and O–H groups in total. The van der Waals surface area contributed by atoms with Crippen LogP contribution in [0.4, 0.5) is 17.6 Å². The van der Waals surface area contributed by atoms with Crippen LogP contribution in [0, 0.1) is 5.82 Å². The fourth-order valence-corrected chi connectivity index (χ4v) is 5.55. The van der Waals surface area contributed by atoms with Crippen molar-refractivity contribution in [2.75, 3.05) is 6.61 Å². The minimum absolute atomic E-state index is 0.0315. The molecule has 1 aliphatic rings. The summed E-state index contributed by atoms with van der Waals surface area (Å²) in [6.45, 7) is 1.25. The first-order valence-electron chi connectivity index (χ1n) is 12.6. The largest absolute Gasteiger partial charge is 0.489 e. The summed E-state index contributed by atoms with van der Waals surface area (Å²) in [4.78, 5) is 30.1. The van der Waals surface area contributed by atoms with Crippen molar-refractivity contribution in [1.82, 2.24) is 4.57 Å². The molecule has 0 radical (unpaired) electrons. The molecule has 1 aromatic heterocycles. The van der Waals surface area contributed by atoms with Crippen molar-refractivity contribution in [3.63, 3.8) is 0 Å². The number of hydrogen-bond acceptors (Lipinski definition) is 6. The van der Waals surface area contributed by atoms with E-state index in [4.69, 9.17) is 21.1 Å². The number of alkyl halides is 3. The van der Waals surface area contributed by atoms with Gasteiger partial charge in [-0.05, 0) is 54.5 Å². The third kappa shape index (κ3) is 6.02. The number of ether oxygens (including phenoxy) is 2. The number of thiazole rings is 1. The van der Waals surface area contributed by atoms with Gasteiger partial charge in [0.2, 0.25) is 0 Å². The molecule has 2 heterocycles. The van der Waals surface area contributed by atoms with Crippen molar-refractivity contribution in [1.29, 1.82) is 0 Å². The number of aromatic nitrogens is 1. The van der Waals surface area contributed by atoms with Gasteiger partial charge in [0.15, 0.2) is 10.5 Å². The Balaban J connectivity index is 1.62. The third-order valence-corrected chi connectivity index (χ3v) is 7.52. The number of rotatable bonds is 7. The highest BCUT2D eigenvalue weighted by Crippen LogP contribution is 2.38. The van der Waals surface area contributed by atoms with Crippen LogP contribution in [0.25, 0.3) is 6.08 Å². The Kier molecular flexibility index (Phi) is 8.33. The summed E-state index contributed by atoms with van der Waals surface area (Å²) in [6.07, 6.45) is -3.52. The molecule has 5 rings (SSSR count). The van der Waals surface area contributed by atoms with E-state index in [0.717, 1.165) is 15.9 Å². The first-order chi connectivity index (χ1) is 20.1. The van der Waals surface area contributed by atoms with E-state index in [-0.39, 0.29) is 28.1 Å². The fourth-order valence-electron chi connectivity index (χ4n) is 4.42. The molecule has 0 bridgehead atoms. The van der Waals surface area contributed by atoms with E-state index in [0.29, 0.717) is 21.9 Å². The predicted octanol–water partition coefficient (Wildman–Crippen LogP) is 5.71. The maximum Gasteiger partial charge on any atom is 0.434 e. The Labute approximate surface area is 245 Å². The van der Waals surface area contributed by atoms with Crippen LogP contribution >= 0.6 is 22.9 Å². The standard InChI is InChI=1S/C30H21ClF4N2O4S/c1-2-40-28(39)24-25(18-10-12-20(31)13-11-18)37-27(38)23(42-29(37)36-26(24)30(33,34)35)15-17-6-5-8-21(14-17)41-16-19-7-3-4-9-22(19)32/h3-15,25H,2,16H2,1H3/b23-15-/t25-/m0/s1. The lowest BCUT2D eigenvalue weighted by molar-refractivity contribution is -0.140. The number of allylic oxidation sites excluding steroid dienone is 1. The summed E-state index contributed by atoms with van der Waals surface area (Å²) in [5.74, 6) is -1.25. The smallest absolute Gasteiger partial charge is 0.434 e. The van der Waals surface area contributed by atoms with Crippen LogP contribution in [0.3, 0.4) is 0 Å². The molecule has 3 aromatic carbocycles. The van der Waals surface area contributed by atoms with Gasteiger partial charge in [0.05, 0.1) is 22.8 Å². The first-order valence-corrected chi connectivity index (χ1v) is 13.8. The van der Waals surface area contributed by atoms with Crippen LogP contribution < -0.4 is 19.6 Å². The summed E-state index contributed by atoms with van der Waals surface area (Å²) in [6, 6.07) is 17.1. The van der Waals surface area contributed by atoms with Gasteiger partial charge in [-0.2, -0.15) is 13.2 Å². The normalized spacial score (nSPS) is 15.3. The minimum atomic E-state index is -5.01. The van der Waals surface area contributed by atoms with Gasteiger partial charge in [-0.25, -0.2) is 14.2 Å².